The van der Waals surface area contributed by atoms with Gasteiger partial charge < -0.3 is 19.2 Å². The number of hydrogen-bond acceptors (Lipinski definition) is 6. The lowest BCUT2D eigenvalue weighted by molar-refractivity contribution is 0.0990. The highest BCUT2D eigenvalue weighted by Gasteiger charge is 2.18. The molecule has 0 radical (unpaired) electrons. The first-order chi connectivity index (χ1) is 12.1. The summed E-state index contributed by atoms with van der Waals surface area (Å²) in [6.45, 7) is 0. The number of ether oxygens (including phenoxy) is 2. The van der Waals surface area contributed by atoms with Gasteiger partial charge in [-0.3, -0.25) is 4.79 Å². The van der Waals surface area contributed by atoms with Gasteiger partial charge >= 0.3 is 11.8 Å². The van der Waals surface area contributed by atoms with Crippen molar-refractivity contribution in [3.05, 3.63) is 53.4 Å². The molecular formula is C17H14ClN3O4. The lowest BCUT2D eigenvalue weighted by Gasteiger charge is -2.08. The van der Waals surface area contributed by atoms with Crippen molar-refractivity contribution in [1.82, 2.24) is 10.2 Å². The van der Waals surface area contributed by atoms with Gasteiger partial charge in [0.05, 0.1) is 19.9 Å². The first-order valence-electron chi connectivity index (χ1n) is 7.23. The Kier molecular flexibility index (Phi) is 4.85. The molecule has 3 rings (SSSR count). The average molecular weight is 360 g/mol. The summed E-state index contributed by atoms with van der Waals surface area (Å²) in [5.74, 6) is 0.661. The number of carbonyl (C=O) groups excluding carboxylic acids is 1. The van der Waals surface area contributed by atoms with Crippen molar-refractivity contribution in [2.75, 3.05) is 19.5 Å². The van der Waals surface area contributed by atoms with Gasteiger partial charge in [-0.05, 0) is 42.5 Å². The smallest absolute Gasteiger partial charge is 0.313 e. The van der Waals surface area contributed by atoms with Gasteiger partial charge in [-0.25, -0.2) is 0 Å². The van der Waals surface area contributed by atoms with Gasteiger partial charge in [-0.1, -0.05) is 11.6 Å². The minimum absolute atomic E-state index is 0.173. The third-order valence-electron chi connectivity index (χ3n) is 3.37. The van der Waals surface area contributed by atoms with Crippen LogP contribution in [0.1, 0.15) is 10.7 Å². The molecule has 0 bridgehead atoms. The zero-order chi connectivity index (χ0) is 17.8. The topological polar surface area (TPSA) is 86.5 Å². The minimum atomic E-state index is -0.562. The molecule has 7 nitrogen and oxygen atoms in total. The largest absolute Gasteiger partial charge is 0.497 e. The van der Waals surface area contributed by atoms with E-state index in [4.69, 9.17) is 25.5 Å². The predicted molar refractivity (Wildman–Crippen MR) is 92.2 cm³/mol. The number of carbonyl (C=O) groups is 1. The van der Waals surface area contributed by atoms with Crippen molar-refractivity contribution in [3.63, 3.8) is 0 Å². The fourth-order valence-corrected chi connectivity index (χ4v) is 2.29. The summed E-state index contributed by atoms with van der Waals surface area (Å²) in [5, 5.41) is 10.8. The van der Waals surface area contributed by atoms with E-state index in [9.17, 15) is 4.79 Å². The van der Waals surface area contributed by atoms with E-state index < -0.39 is 5.91 Å². The van der Waals surface area contributed by atoms with E-state index in [2.05, 4.69) is 15.5 Å². The summed E-state index contributed by atoms with van der Waals surface area (Å²) < 4.78 is 15.7. The highest BCUT2D eigenvalue weighted by atomic mass is 35.5. The number of methoxy groups -OCH3 is 2. The molecule has 1 aromatic heterocycles. The lowest BCUT2D eigenvalue weighted by Crippen LogP contribution is -2.13. The number of hydrogen-bond donors (Lipinski definition) is 1. The second-order valence-corrected chi connectivity index (χ2v) is 5.38. The first kappa shape index (κ1) is 16.8. The zero-order valence-electron chi connectivity index (χ0n) is 13.4. The maximum atomic E-state index is 12.3. The molecule has 1 N–H and O–H groups in total. The lowest BCUT2D eigenvalue weighted by atomic mass is 10.2. The van der Waals surface area contributed by atoms with Gasteiger partial charge in [-0.15, -0.1) is 10.2 Å². The summed E-state index contributed by atoms with van der Waals surface area (Å²) in [5.41, 5.74) is 1.08. The predicted octanol–water partition coefficient (Wildman–Crippen LogP) is 3.66. The normalized spacial score (nSPS) is 10.4. The van der Waals surface area contributed by atoms with Crippen molar-refractivity contribution in [3.8, 4) is 23.0 Å². The van der Waals surface area contributed by atoms with E-state index in [1.165, 1.54) is 7.11 Å². The van der Waals surface area contributed by atoms with Gasteiger partial charge in [0.25, 0.3) is 0 Å². The molecular weight excluding hydrogens is 346 g/mol. The Morgan fingerprint density at radius 1 is 1.08 bits per heavy atom. The Bertz CT molecular complexity index is 893. The summed E-state index contributed by atoms with van der Waals surface area (Å²) in [7, 11) is 3.07. The van der Waals surface area contributed by atoms with Crippen LogP contribution in [0.3, 0.4) is 0 Å². The van der Waals surface area contributed by atoms with E-state index in [0.717, 1.165) is 0 Å². The molecule has 0 saturated heterocycles. The van der Waals surface area contributed by atoms with E-state index in [1.54, 1.807) is 49.6 Å². The highest BCUT2D eigenvalue weighted by molar-refractivity contribution is 6.31. The molecule has 0 atom stereocenters. The minimum Gasteiger partial charge on any atom is -0.497 e. The second kappa shape index (κ2) is 7.23. The third-order valence-corrected chi connectivity index (χ3v) is 3.60. The Morgan fingerprint density at radius 2 is 1.84 bits per heavy atom. The SMILES string of the molecule is COc1ccc(-c2nnc(C(=O)Nc3cc(Cl)ccc3OC)o2)cc1. The molecule has 25 heavy (non-hydrogen) atoms. The second-order valence-electron chi connectivity index (χ2n) is 4.94. The van der Waals surface area contributed by atoms with Crippen LogP contribution in [0.25, 0.3) is 11.5 Å². The van der Waals surface area contributed by atoms with Crippen LogP contribution in [0.2, 0.25) is 5.02 Å². The molecule has 0 saturated carbocycles. The number of anilines is 1. The molecule has 0 aliphatic carbocycles. The van der Waals surface area contributed by atoms with Crippen molar-refractivity contribution in [2.45, 2.75) is 0 Å². The molecule has 8 heteroatoms. The Morgan fingerprint density at radius 3 is 2.52 bits per heavy atom. The van der Waals surface area contributed by atoms with Crippen LogP contribution >= 0.6 is 11.6 Å². The van der Waals surface area contributed by atoms with Gasteiger partial charge in [0, 0.05) is 10.6 Å². The van der Waals surface area contributed by atoms with Crippen molar-refractivity contribution in [1.29, 1.82) is 0 Å². The van der Waals surface area contributed by atoms with Crippen LogP contribution < -0.4 is 14.8 Å². The summed E-state index contributed by atoms with van der Waals surface area (Å²) in [6.07, 6.45) is 0. The van der Waals surface area contributed by atoms with Crippen LogP contribution in [-0.4, -0.2) is 30.3 Å². The Hall–Kier alpha value is -3.06. The molecule has 2 aromatic carbocycles. The summed E-state index contributed by atoms with van der Waals surface area (Å²) in [6, 6.07) is 11.9. The van der Waals surface area contributed by atoms with E-state index >= 15 is 0 Å². The number of rotatable bonds is 5. The fourth-order valence-electron chi connectivity index (χ4n) is 2.12. The van der Waals surface area contributed by atoms with Crippen LogP contribution in [-0.2, 0) is 0 Å². The molecule has 0 unspecified atom stereocenters. The van der Waals surface area contributed by atoms with E-state index in [-0.39, 0.29) is 11.8 Å². The molecule has 1 heterocycles. The number of nitrogens with one attached hydrogen (secondary N) is 1. The van der Waals surface area contributed by atoms with Crippen LogP contribution in [0.5, 0.6) is 11.5 Å². The van der Waals surface area contributed by atoms with Gasteiger partial charge in [0.1, 0.15) is 11.5 Å². The maximum absolute atomic E-state index is 12.3. The van der Waals surface area contributed by atoms with E-state index in [1.807, 2.05) is 0 Å². The van der Waals surface area contributed by atoms with Crippen LogP contribution in [0, 0.1) is 0 Å². The average Bonchev–Trinajstić information content (AvgIpc) is 3.12. The Balaban J connectivity index is 1.80. The summed E-state index contributed by atoms with van der Waals surface area (Å²) >= 11 is 5.94. The first-order valence-corrected chi connectivity index (χ1v) is 7.61. The van der Waals surface area contributed by atoms with Gasteiger partial charge in [0.15, 0.2) is 0 Å². The zero-order valence-corrected chi connectivity index (χ0v) is 14.2. The van der Waals surface area contributed by atoms with Crippen molar-refractivity contribution < 1.29 is 18.7 Å². The van der Waals surface area contributed by atoms with Crippen molar-refractivity contribution in [2.24, 2.45) is 0 Å². The molecule has 0 spiro atoms. The van der Waals surface area contributed by atoms with Crippen LogP contribution in [0.4, 0.5) is 5.69 Å². The molecule has 0 fully saturated rings. The molecule has 0 aliphatic heterocycles. The highest BCUT2D eigenvalue weighted by Crippen LogP contribution is 2.28. The number of amides is 1. The number of halogens is 1. The Labute approximate surface area is 148 Å². The maximum Gasteiger partial charge on any atom is 0.313 e. The third kappa shape index (κ3) is 3.72. The number of benzene rings is 2. The van der Waals surface area contributed by atoms with Crippen LogP contribution in [0.15, 0.2) is 46.9 Å². The van der Waals surface area contributed by atoms with Gasteiger partial charge in [0.2, 0.25) is 5.89 Å². The molecule has 128 valence electrons. The fraction of sp³-hybridized carbons (Fsp3) is 0.118. The molecule has 0 aliphatic rings. The molecule has 3 aromatic rings. The van der Waals surface area contributed by atoms with Crippen molar-refractivity contribution >= 4 is 23.2 Å². The summed E-state index contributed by atoms with van der Waals surface area (Å²) in [4.78, 5) is 12.3. The van der Waals surface area contributed by atoms with E-state index in [0.29, 0.717) is 27.8 Å². The molecule has 1 amide bonds. The monoisotopic (exact) mass is 359 g/mol. The number of aromatic nitrogens is 2. The van der Waals surface area contributed by atoms with Gasteiger partial charge in [-0.2, -0.15) is 0 Å². The standard InChI is InChI=1S/C17H14ClN3O4/c1-23-12-6-3-10(4-7-12)16-20-21-17(25-16)15(22)19-13-9-11(18)5-8-14(13)24-2/h3-9H,1-2H3,(H,19,22). The quantitative estimate of drug-likeness (QED) is 0.748. The number of nitrogens with zero attached hydrogens (tertiary/aromatic N) is 2.